The molecule has 0 aliphatic carbocycles. The van der Waals surface area contributed by atoms with Crippen molar-refractivity contribution >= 4 is 15.9 Å². The maximum absolute atomic E-state index is 12.2. The molecule has 1 aliphatic heterocycles. The van der Waals surface area contributed by atoms with Crippen LogP contribution in [0, 0.1) is 5.92 Å². The van der Waals surface area contributed by atoms with Crippen LogP contribution in [0.3, 0.4) is 0 Å². The minimum atomic E-state index is -3.62. The van der Waals surface area contributed by atoms with Crippen molar-refractivity contribution in [2.75, 3.05) is 32.8 Å². The molecule has 7 nitrogen and oxygen atoms in total. The van der Waals surface area contributed by atoms with Crippen LogP contribution in [-0.2, 0) is 14.8 Å². The van der Waals surface area contributed by atoms with Gasteiger partial charge >= 0.3 is 0 Å². The molecule has 0 bridgehead atoms. The zero-order chi connectivity index (χ0) is 17.6. The van der Waals surface area contributed by atoms with Crippen LogP contribution in [-0.4, -0.2) is 52.0 Å². The van der Waals surface area contributed by atoms with Crippen LogP contribution in [0.15, 0.2) is 29.2 Å². The van der Waals surface area contributed by atoms with Gasteiger partial charge in [-0.05, 0) is 50.1 Å². The molecular weight excluding hydrogens is 330 g/mol. The van der Waals surface area contributed by atoms with Crippen molar-refractivity contribution in [3.63, 3.8) is 0 Å². The monoisotopic (exact) mass is 355 g/mol. The van der Waals surface area contributed by atoms with E-state index < -0.39 is 10.0 Å². The molecule has 0 aromatic heterocycles. The Balaban J connectivity index is 1.83. The van der Waals surface area contributed by atoms with Gasteiger partial charge in [0.05, 0.1) is 11.5 Å². The molecule has 1 fully saturated rings. The molecule has 1 aliphatic rings. The number of nitrogens with two attached hydrogens (primary N) is 1. The Hall–Kier alpha value is -1.64. The molecule has 1 amide bonds. The van der Waals surface area contributed by atoms with Crippen molar-refractivity contribution in [3.05, 3.63) is 24.3 Å². The lowest BCUT2D eigenvalue weighted by Gasteiger charge is -2.16. The predicted molar refractivity (Wildman–Crippen MR) is 91.2 cm³/mol. The highest BCUT2D eigenvalue weighted by Gasteiger charge is 2.25. The molecule has 1 atom stereocenters. The van der Waals surface area contributed by atoms with Crippen LogP contribution >= 0.6 is 0 Å². The number of nitrogens with zero attached hydrogens (tertiary/aromatic N) is 1. The fourth-order valence-corrected chi connectivity index (χ4v) is 3.70. The summed E-state index contributed by atoms with van der Waals surface area (Å²) < 4.78 is 32.2. The summed E-state index contributed by atoms with van der Waals surface area (Å²) in [5.74, 6) is 0.935. The number of carbonyl (C=O) groups is 1. The number of amides is 1. The summed E-state index contributed by atoms with van der Waals surface area (Å²) in [6.45, 7) is 4.41. The van der Waals surface area contributed by atoms with Crippen LogP contribution in [0.2, 0.25) is 0 Å². The van der Waals surface area contributed by atoms with Crippen LogP contribution in [0.1, 0.15) is 19.8 Å². The van der Waals surface area contributed by atoms with Gasteiger partial charge in [0.15, 0.2) is 0 Å². The Morgan fingerprint density at radius 1 is 1.38 bits per heavy atom. The number of ether oxygens (including phenoxy) is 1. The molecule has 0 saturated carbocycles. The Morgan fingerprint density at radius 2 is 2.08 bits per heavy atom. The largest absolute Gasteiger partial charge is 0.494 e. The second-order valence-corrected chi connectivity index (χ2v) is 7.55. The highest BCUT2D eigenvalue weighted by molar-refractivity contribution is 7.89. The first-order valence-corrected chi connectivity index (χ1v) is 9.65. The summed E-state index contributed by atoms with van der Waals surface area (Å²) in [6.07, 6.45) is 1.06. The quantitative estimate of drug-likeness (QED) is 0.709. The van der Waals surface area contributed by atoms with Gasteiger partial charge in [-0.2, -0.15) is 0 Å². The Morgan fingerprint density at radius 3 is 2.67 bits per heavy atom. The predicted octanol–water partition coefficient (Wildman–Crippen LogP) is 0.561. The van der Waals surface area contributed by atoms with Gasteiger partial charge in [0.25, 0.3) is 0 Å². The second kappa shape index (κ2) is 8.46. The van der Waals surface area contributed by atoms with Gasteiger partial charge in [-0.1, -0.05) is 0 Å². The van der Waals surface area contributed by atoms with Gasteiger partial charge in [-0.25, -0.2) is 13.1 Å². The molecule has 3 N–H and O–H groups in total. The first-order valence-electron chi connectivity index (χ1n) is 8.16. The lowest BCUT2D eigenvalue weighted by molar-refractivity contribution is -0.130. The fourth-order valence-electron chi connectivity index (χ4n) is 2.67. The third-order valence-electron chi connectivity index (χ3n) is 4.05. The molecule has 0 radical (unpaired) electrons. The Labute approximate surface area is 143 Å². The lowest BCUT2D eigenvalue weighted by Crippen LogP contribution is -2.33. The average molecular weight is 355 g/mol. The topological polar surface area (TPSA) is 102 Å². The number of hydrogen-bond donors (Lipinski definition) is 2. The summed E-state index contributed by atoms with van der Waals surface area (Å²) in [6, 6.07) is 6.20. The summed E-state index contributed by atoms with van der Waals surface area (Å²) in [5, 5.41) is 0. The molecule has 134 valence electrons. The van der Waals surface area contributed by atoms with Gasteiger partial charge in [0.1, 0.15) is 5.75 Å². The highest BCUT2D eigenvalue weighted by atomic mass is 32.2. The van der Waals surface area contributed by atoms with Crippen molar-refractivity contribution in [2.45, 2.75) is 24.7 Å². The van der Waals surface area contributed by atoms with Crippen molar-refractivity contribution in [3.8, 4) is 5.75 Å². The minimum absolute atomic E-state index is 0.0413. The van der Waals surface area contributed by atoms with E-state index in [1.165, 1.54) is 12.1 Å². The van der Waals surface area contributed by atoms with E-state index >= 15 is 0 Å². The molecule has 1 unspecified atom stereocenters. The molecule has 0 spiro atoms. The number of rotatable bonds is 8. The van der Waals surface area contributed by atoms with Gasteiger partial charge in [-0.15, -0.1) is 0 Å². The van der Waals surface area contributed by atoms with Crippen LogP contribution < -0.4 is 15.2 Å². The highest BCUT2D eigenvalue weighted by Crippen LogP contribution is 2.17. The lowest BCUT2D eigenvalue weighted by atomic mass is 10.1. The Bertz CT molecular complexity index is 646. The number of hydrogen-bond acceptors (Lipinski definition) is 5. The molecule has 2 rings (SSSR count). The smallest absolute Gasteiger partial charge is 0.240 e. The molecule has 1 saturated heterocycles. The Kier molecular flexibility index (Phi) is 6.59. The number of carbonyl (C=O) groups excluding carboxylic acids is 1. The van der Waals surface area contributed by atoms with E-state index in [1.807, 2.05) is 6.92 Å². The number of benzene rings is 1. The summed E-state index contributed by atoms with van der Waals surface area (Å²) in [5.41, 5.74) is 5.61. The molecule has 24 heavy (non-hydrogen) atoms. The van der Waals surface area contributed by atoms with E-state index in [0.29, 0.717) is 37.9 Å². The maximum atomic E-state index is 12.2. The number of nitrogens with one attached hydrogen (secondary N) is 1. The van der Waals surface area contributed by atoms with Crippen molar-refractivity contribution in [1.29, 1.82) is 0 Å². The van der Waals surface area contributed by atoms with E-state index in [4.69, 9.17) is 10.5 Å². The number of likely N-dealkylation sites (tertiary alicyclic amines) is 1. The van der Waals surface area contributed by atoms with Crippen LogP contribution in [0.25, 0.3) is 0 Å². The van der Waals surface area contributed by atoms with Crippen molar-refractivity contribution in [1.82, 2.24) is 9.62 Å². The molecule has 1 heterocycles. The first kappa shape index (κ1) is 18.7. The average Bonchev–Trinajstić information content (AvgIpc) is 3.04. The van der Waals surface area contributed by atoms with E-state index in [9.17, 15) is 13.2 Å². The third-order valence-corrected chi connectivity index (χ3v) is 5.52. The molecular formula is C16H25N3O4S. The minimum Gasteiger partial charge on any atom is -0.494 e. The molecule has 1 aromatic carbocycles. The van der Waals surface area contributed by atoms with E-state index in [1.54, 1.807) is 17.0 Å². The normalized spacial score (nSPS) is 17.9. The van der Waals surface area contributed by atoms with Crippen molar-refractivity contribution < 1.29 is 17.9 Å². The van der Waals surface area contributed by atoms with Crippen LogP contribution in [0.4, 0.5) is 0 Å². The van der Waals surface area contributed by atoms with E-state index in [-0.39, 0.29) is 23.8 Å². The third kappa shape index (κ3) is 4.93. The zero-order valence-corrected chi connectivity index (χ0v) is 14.7. The summed E-state index contributed by atoms with van der Waals surface area (Å²) in [7, 11) is -3.62. The van der Waals surface area contributed by atoms with Gasteiger partial charge in [0.2, 0.25) is 15.9 Å². The summed E-state index contributed by atoms with van der Waals surface area (Å²) >= 11 is 0. The fraction of sp³-hybridized carbons (Fsp3) is 0.562. The van der Waals surface area contributed by atoms with E-state index in [2.05, 4.69) is 4.72 Å². The van der Waals surface area contributed by atoms with Gasteiger partial charge in [-0.3, -0.25) is 4.79 Å². The first-order chi connectivity index (χ1) is 11.5. The molecule has 1 aromatic rings. The van der Waals surface area contributed by atoms with Gasteiger partial charge < -0.3 is 15.4 Å². The van der Waals surface area contributed by atoms with Crippen LogP contribution in [0.5, 0.6) is 5.75 Å². The van der Waals surface area contributed by atoms with Crippen molar-refractivity contribution in [2.24, 2.45) is 11.7 Å². The van der Waals surface area contributed by atoms with E-state index in [0.717, 1.165) is 6.42 Å². The SMILES string of the molecule is CCOc1ccc(S(=O)(=O)NCCC(=O)N2CCC(CN)C2)cc1. The maximum Gasteiger partial charge on any atom is 0.240 e. The van der Waals surface area contributed by atoms with Gasteiger partial charge in [0, 0.05) is 26.1 Å². The molecule has 8 heteroatoms. The second-order valence-electron chi connectivity index (χ2n) is 5.78. The number of sulfonamides is 1. The summed E-state index contributed by atoms with van der Waals surface area (Å²) in [4.78, 5) is 14.0. The zero-order valence-electron chi connectivity index (χ0n) is 13.9. The standard InChI is InChI=1S/C16H25N3O4S/c1-2-23-14-3-5-15(6-4-14)24(21,22)18-9-7-16(20)19-10-8-13(11-17)12-19/h3-6,13,18H,2,7-12,17H2,1H3.